The van der Waals surface area contributed by atoms with Crippen molar-refractivity contribution in [3.8, 4) is 0 Å². The first-order valence-electron chi connectivity index (χ1n) is 5.64. The summed E-state index contributed by atoms with van der Waals surface area (Å²) in [5.74, 6) is 1.22. The lowest BCUT2D eigenvalue weighted by molar-refractivity contribution is -0.171. The highest BCUT2D eigenvalue weighted by atomic mass is 16.7. The van der Waals surface area contributed by atoms with Gasteiger partial charge in [-0.25, -0.2) is 5.06 Å². The summed E-state index contributed by atoms with van der Waals surface area (Å²) in [6.07, 6.45) is 0. The molecular weight excluding hydrogens is 202 g/mol. The Morgan fingerprint density at radius 2 is 1.94 bits per heavy atom. The SMILES string of the molecule is CON1CC2C(C1=O)C2c1ccc(C)cc1. The molecule has 1 aliphatic heterocycles. The summed E-state index contributed by atoms with van der Waals surface area (Å²) in [6, 6.07) is 8.51. The zero-order chi connectivity index (χ0) is 11.3. The number of aryl methyl sites for hydroxylation is 1. The van der Waals surface area contributed by atoms with E-state index in [-0.39, 0.29) is 11.8 Å². The minimum atomic E-state index is 0.151. The number of nitrogens with zero attached hydrogens (tertiary/aromatic N) is 1. The Labute approximate surface area is 95.0 Å². The van der Waals surface area contributed by atoms with Crippen molar-refractivity contribution in [3.05, 3.63) is 35.4 Å². The minimum Gasteiger partial charge on any atom is -0.274 e. The zero-order valence-electron chi connectivity index (χ0n) is 9.51. The van der Waals surface area contributed by atoms with E-state index in [9.17, 15) is 4.79 Å². The molecule has 1 heterocycles. The summed E-state index contributed by atoms with van der Waals surface area (Å²) in [5.41, 5.74) is 2.56. The number of fused-ring (bicyclic) bond motifs is 1. The van der Waals surface area contributed by atoms with Crippen LogP contribution in [0.2, 0.25) is 0 Å². The molecule has 0 bridgehead atoms. The molecule has 0 aromatic heterocycles. The largest absolute Gasteiger partial charge is 0.274 e. The second kappa shape index (κ2) is 3.32. The molecule has 1 aromatic carbocycles. The van der Waals surface area contributed by atoms with Gasteiger partial charge in [0.1, 0.15) is 0 Å². The molecule has 1 aromatic rings. The normalized spacial score (nSPS) is 31.8. The van der Waals surface area contributed by atoms with Gasteiger partial charge >= 0.3 is 0 Å². The molecule has 3 unspecified atom stereocenters. The lowest BCUT2D eigenvalue weighted by atomic mass is 10.1. The second-order valence-corrected chi connectivity index (χ2v) is 4.71. The van der Waals surface area contributed by atoms with Crippen LogP contribution in [0.25, 0.3) is 0 Å². The molecule has 3 nitrogen and oxygen atoms in total. The average Bonchev–Trinajstić information content (AvgIpc) is 2.91. The van der Waals surface area contributed by atoms with Gasteiger partial charge in [-0.1, -0.05) is 29.8 Å². The van der Waals surface area contributed by atoms with Crippen LogP contribution in [-0.2, 0) is 9.63 Å². The van der Waals surface area contributed by atoms with Gasteiger partial charge in [-0.3, -0.25) is 9.63 Å². The number of hydroxylamine groups is 2. The number of hydrogen-bond donors (Lipinski definition) is 0. The molecule has 0 N–H and O–H groups in total. The third kappa shape index (κ3) is 1.28. The molecule has 1 amide bonds. The number of benzene rings is 1. The van der Waals surface area contributed by atoms with Crippen molar-refractivity contribution in [2.75, 3.05) is 13.7 Å². The first-order chi connectivity index (χ1) is 7.72. The van der Waals surface area contributed by atoms with Crippen molar-refractivity contribution in [2.45, 2.75) is 12.8 Å². The van der Waals surface area contributed by atoms with Gasteiger partial charge in [-0.2, -0.15) is 0 Å². The molecule has 3 rings (SSSR count). The van der Waals surface area contributed by atoms with E-state index in [0.29, 0.717) is 11.8 Å². The van der Waals surface area contributed by atoms with Crippen LogP contribution in [0, 0.1) is 18.8 Å². The maximum atomic E-state index is 11.8. The predicted octanol–water partition coefficient (Wildman–Crippen LogP) is 1.73. The van der Waals surface area contributed by atoms with E-state index in [1.165, 1.54) is 16.2 Å². The van der Waals surface area contributed by atoms with Gasteiger partial charge in [-0.05, 0) is 18.4 Å². The lowest BCUT2D eigenvalue weighted by Gasteiger charge is -2.16. The molecule has 1 saturated carbocycles. The van der Waals surface area contributed by atoms with E-state index >= 15 is 0 Å². The molecular formula is C13H15NO2. The van der Waals surface area contributed by atoms with Crippen LogP contribution in [0.15, 0.2) is 24.3 Å². The molecule has 0 spiro atoms. The quantitative estimate of drug-likeness (QED) is 0.755. The summed E-state index contributed by atoms with van der Waals surface area (Å²) in [7, 11) is 1.56. The highest BCUT2D eigenvalue weighted by Gasteiger charge is 2.62. The number of hydrogen-bond acceptors (Lipinski definition) is 2. The number of amides is 1. The van der Waals surface area contributed by atoms with Gasteiger partial charge in [0.2, 0.25) is 5.91 Å². The monoisotopic (exact) mass is 217 g/mol. The standard InChI is InChI=1S/C13H15NO2/c1-8-3-5-9(6-4-8)11-10-7-14(16-2)13(15)12(10)11/h3-6,10-12H,7H2,1-2H3. The van der Waals surface area contributed by atoms with Crippen molar-refractivity contribution >= 4 is 5.91 Å². The Morgan fingerprint density at radius 1 is 1.25 bits per heavy atom. The van der Waals surface area contributed by atoms with Gasteiger partial charge in [0.15, 0.2) is 0 Å². The molecule has 3 heteroatoms. The van der Waals surface area contributed by atoms with Gasteiger partial charge in [-0.15, -0.1) is 0 Å². The third-order valence-electron chi connectivity index (χ3n) is 3.76. The molecule has 84 valence electrons. The fourth-order valence-electron chi connectivity index (χ4n) is 2.79. The molecule has 1 saturated heterocycles. The highest BCUT2D eigenvalue weighted by molar-refractivity contribution is 5.85. The topological polar surface area (TPSA) is 29.5 Å². The molecule has 2 fully saturated rings. The Hall–Kier alpha value is -1.35. The van der Waals surface area contributed by atoms with E-state index in [1.807, 2.05) is 0 Å². The molecule has 16 heavy (non-hydrogen) atoms. The van der Waals surface area contributed by atoms with Crippen LogP contribution < -0.4 is 0 Å². The predicted molar refractivity (Wildman–Crippen MR) is 59.6 cm³/mol. The van der Waals surface area contributed by atoms with E-state index in [0.717, 1.165) is 6.54 Å². The number of piperidine rings is 1. The average molecular weight is 217 g/mol. The van der Waals surface area contributed by atoms with Crippen LogP contribution in [-0.4, -0.2) is 24.6 Å². The van der Waals surface area contributed by atoms with Crippen LogP contribution in [0.1, 0.15) is 17.0 Å². The Bertz CT molecular complexity index is 426. The van der Waals surface area contributed by atoms with E-state index in [1.54, 1.807) is 7.11 Å². The maximum absolute atomic E-state index is 11.8. The lowest BCUT2D eigenvalue weighted by Crippen LogP contribution is -2.28. The number of carbonyl (C=O) groups is 1. The number of carbonyl (C=O) groups excluding carboxylic acids is 1. The van der Waals surface area contributed by atoms with Crippen LogP contribution in [0.4, 0.5) is 0 Å². The fourth-order valence-corrected chi connectivity index (χ4v) is 2.79. The first-order valence-corrected chi connectivity index (χ1v) is 5.64. The van der Waals surface area contributed by atoms with Gasteiger partial charge in [0.05, 0.1) is 19.6 Å². The smallest absolute Gasteiger partial charge is 0.250 e. The van der Waals surface area contributed by atoms with Crippen molar-refractivity contribution in [1.82, 2.24) is 5.06 Å². The van der Waals surface area contributed by atoms with E-state index in [4.69, 9.17) is 4.84 Å². The summed E-state index contributed by atoms with van der Waals surface area (Å²) in [4.78, 5) is 16.8. The molecule has 3 atom stereocenters. The van der Waals surface area contributed by atoms with Gasteiger partial charge < -0.3 is 0 Å². The maximum Gasteiger partial charge on any atom is 0.250 e. The van der Waals surface area contributed by atoms with Crippen molar-refractivity contribution in [1.29, 1.82) is 0 Å². The van der Waals surface area contributed by atoms with Crippen LogP contribution >= 0.6 is 0 Å². The third-order valence-corrected chi connectivity index (χ3v) is 3.76. The van der Waals surface area contributed by atoms with Crippen molar-refractivity contribution in [3.63, 3.8) is 0 Å². The zero-order valence-corrected chi connectivity index (χ0v) is 9.51. The van der Waals surface area contributed by atoms with Gasteiger partial charge in [0, 0.05) is 5.92 Å². The van der Waals surface area contributed by atoms with E-state index < -0.39 is 0 Å². The summed E-state index contributed by atoms with van der Waals surface area (Å²) >= 11 is 0. The van der Waals surface area contributed by atoms with E-state index in [2.05, 4.69) is 31.2 Å². The Kier molecular flexibility index (Phi) is 2.04. The summed E-state index contributed by atoms with van der Waals surface area (Å²) < 4.78 is 0. The number of rotatable bonds is 2. The Morgan fingerprint density at radius 3 is 2.44 bits per heavy atom. The van der Waals surface area contributed by atoms with Crippen LogP contribution in [0.3, 0.4) is 0 Å². The second-order valence-electron chi connectivity index (χ2n) is 4.71. The Balaban J connectivity index is 1.78. The fraction of sp³-hybridized carbons (Fsp3) is 0.462. The van der Waals surface area contributed by atoms with Crippen molar-refractivity contribution in [2.24, 2.45) is 11.8 Å². The van der Waals surface area contributed by atoms with Gasteiger partial charge in [0.25, 0.3) is 0 Å². The molecule has 0 radical (unpaired) electrons. The summed E-state index contributed by atoms with van der Waals surface area (Å²) in [6.45, 7) is 2.83. The van der Waals surface area contributed by atoms with Crippen LogP contribution in [0.5, 0.6) is 0 Å². The minimum absolute atomic E-state index is 0.151. The summed E-state index contributed by atoms with van der Waals surface area (Å²) in [5, 5.41) is 1.49. The molecule has 1 aliphatic carbocycles. The van der Waals surface area contributed by atoms with Crippen molar-refractivity contribution < 1.29 is 9.63 Å². The molecule has 2 aliphatic rings. The highest BCUT2D eigenvalue weighted by Crippen LogP contribution is 2.58. The first kappa shape index (κ1) is 9.85.